The highest BCUT2D eigenvalue weighted by molar-refractivity contribution is 5.99. The lowest BCUT2D eigenvalue weighted by Crippen LogP contribution is -2.25. The summed E-state index contributed by atoms with van der Waals surface area (Å²) >= 11 is 0. The first kappa shape index (κ1) is 17.9. The van der Waals surface area contributed by atoms with Crippen LogP contribution in [0.4, 0.5) is 5.69 Å². The smallest absolute Gasteiger partial charge is 0.270 e. The summed E-state index contributed by atoms with van der Waals surface area (Å²) in [7, 11) is 0. The second-order valence-electron chi connectivity index (χ2n) is 5.55. The van der Waals surface area contributed by atoms with Crippen LogP contribution in [0.1, 0.15) is 12.5 Å². The van der Waals surface area contributed by atoms with E-state index in [0.29, 0.717) is 17.1 Å². The van der Waals surface area contributed by atoms with Crippen molar-refractivity contribution in [1.29, 1.82) is 0 Å². The summed E-state index contributed by atoms with van der Waals surface area (Å²) in [5.41, 5.74) is 4.10. The van der Waals surface area contributed by atoms with E-state index in [1.807, 2.05) is 30.3 Å². The minimum atomic E-state index is -0.490. The number of nitrogens with one attached hydrogen (secondary N) is 1. The van der Waals surface area contributed by atoms with Crippen molar-refractivity contribution in [2.45, 2.75) is 13.5 Å². The lowest BCUT2D eigenvalue weighted by molar-refractivity contribution is -0.384. The monoisotopic (exact) mass is 365 g/mol. The normalized spacial score (nSPS) is 11.2. The fraction of sp³-hybridized carbons (Fsp3) is 0.118. The summed E-state index contributed by atoms with van der Waals surface area (Å²) in [5, 5.41) is 26.7. The fourth-order valence-electron chi connectivity index (χ4n) is 2.23. The van der Waals surface area contributed by atoms with Crippen LogP contribution in [0.2, 0.25) is 0 Å². The van der Waals surface area contributed by atoms with Gasteiger partial charge in [-0.1, -0.05) is 42.5 Å². The van der Waals surface area contributed by atoms with Crippen molar-refractivity contribution in [1.82, 2.24) is 25.6 Å². The topological polar surface area (TPSA) is 128 Å². The summed E-state index contributed by atoms with van der Waals surface area (Å²) < 4.78 is 0. The van der Waals surface area contributed by atoms with E-state index < -0.39 is 10.8 Å². The van der Waals surface area contributed by atoms with Crippen molar-refractivity contribution in [2.75, 3.05) is 0 Å². The quantitative estimate of drug-likeness (QED) is 0.403. The molecule has 0 fully saturated rings. The maximum Gasteiger partial charge on any atom is 0.270 e. The number of hydrazone groups is 1. The Bertz CT molecular complexity index is 999. The van der Waals surface area contributed by atoms with Gasteiger partial charge in [0.15, 0.2) is 0 Å². The van der Waals surface area contributed by atoms with Crippen LogP contribution in [0.25, 0.3) is 11.4 Å². The van der Waals surface area contributed by atoms with Gasteiger partial charge in [-0.25, -0.2) is 5.43 Å². The van der Waals surface area contributed by atoms with E-state index in [1.54, 1.807) is 19.1 Å². The first-order valence-electron chi connectivity index (χ1n) is 7.94. The molecular formula is C17H15N7O3. The molecule has 1 amide bonds. The number of nitro benzene ring substituents is 1. The number of rotatable bonds is 6. The average Bonchev–Trinajstić information content (AvgIpc) is 3.15. The highest BCUT2D eigenvalue weighted by Crippen LogP contribution is 2.14. The van der Waals surface area contributed by atoms with Crippen LogP contribution in [0.5, 0.6) is 0 Å². The predicted molar refractivity (Wildman–Crippen MR) is 96.7 cm³/mol. The SMILES string of the molecule is C/C(=N\NC(=O)Cn1nnc(-c2ccccc2)n1)c1cccc([N+](=O)[O-])c1. The molecule has 10 nitrogen and oxygen atoms in total. The number of aromatic nitrogens is 4. The molecule has 0 saturated carbocycles. The maximum absolute atomic E-state index is 12.0. The third-order valence-electron chi connectivity index (χ3n) is 3.59. The van der Waals surface area contributed by atoms with E-state index >= 15 is 0 Å². The molecule has 0 radical (unpaired) electrons. The van der Waals surface area contributed by atoms with Gasteiger partial charge in [-0.3, -0.25) is 14.9 Å². The van der Waals surface area contributed by atoms with Gasteiger partial charge in [-0.15, -0.1) is 10.2 Å². The molecule has 2 aromatic carbocycles. The van der Waals surface area contributed by atoms with Crippen LogP contribution < -0.4 is 5.43 Å². The van der Waals surface area contributed by atoms with Gasteiger partial charge in [0, 0.05) is 23.3 Å². The van der Waals surface area contributed by atoms with E-state index in [1.165, 1.54) is 12.1 Å². The molecule has 3 aromatic rings. The molecule has 0 atom stereocenters. The van der Waals surface area contributed by atoms with Crippen molar-refractivity contribution >= 4 is 17.3 Å². The molecule has 0 bridgehead atoms. The minimum absolute atomic E-state index is 0.0476. The maximum atomic E-state index is 12.0. The Morgan fingerprint density at radius 3 is 2.74 bits per heavy atom. The van der Waals surface area contributed by atoms with Crippen molar-refractivity contribution in [3.8, 4) is 11.4 Å². The summed E-state index contributed by atoms with van der Waals surface area (Å²) in [4.78, 5) is 23.5. The molecule has 0 aliphatic heterocycles. The Morgan fingerprint density at radius 2 is 2.00 bits per heavy atom. The highest BCUT2D eigenvalue weighted by atomic mass is 16.6. The number of hydrogen-bond donors (Lipinski definition) is 1. The molecule has 27 heavy (non-hydrogen) atoms. The van der Waals surface area contributed by atoms with Crippen LogP contribution in [0, 0.1) is 10.1 Å². The summed E-state index contributed by atoms with van der Waals surface area (Å²) in [6, 6.07) is 15.3. The first-order chi connectivity index (χ1) is 13.0. The largest absolute Gasteiger partial charge is 0.271 e. The van der Waals surface area contributed by atoms with Crippen LogP contribution in [-0.4, -0.2) is 36.7 Å². The van der Waals surface area contributed by atoms with Gasteiger partial charge in [0.1, 0.15) is 6.54 Å². The van der Waals surface area contributed by atoms with Crippen LogP contribution in [0.15, 0.2) is 59.7 Å². The molecule has 136 valence electrons. The Balaban J connectivity index is 1.63. The molecule has 0 saturated heterocycles. The number of benzene rings is 2. The Kier molecular flexibility index (Phi) is 5.26. The number of nitrogens with zero attached hydrogens (tertiary/aromatic N) is 6. The number of tetrazole rings is 1. The second kappa shape index (κ2) is 7.95. The highest BCUT2D eigenvalue weighted by Gasteiger charge is 2.10. The Labute approximate surface area is 153 Å². The lowest BCUT2D eigenvalue weighted by Gasteiger charge is -2.02. The van der Waals surface area contributed by atoms with E-state index in [2.05, 4.69) is 25.9 Å². The van der Waals surface area contributed by atoms with Gasteiger partial charge in [-0.05, 0) is 12.1 Å². The van der Waals surface area contributed by atoms with Gasteiger partial charge in [-0.2, -0.15) is 9.90 Å². The molecule has 1 aromatic heterocycles. The zero-order chi connectivity index (χ0) is 19.2. The van der Waals surface area contributed by atoms with Gasteiger partial charge in [0.2, 0.25) is 5.82 Å². The minimum Gasteiger partial charge on any atom is -0.271 e. The van der Waals surface area contributed by atoms with E-state index in [-0.39, 0.29) is 12.2 Å². The van der Waals surface area contributed by atoms with Crippen molar-refractivity contribution in [3.63, 3.8) is 0 Å². The van der Waals surface area contributed by atoms with Crippen molar-refractivity contribution in [3.05, 3.63) is 70.3 Å². The number of nitro groups is 1. The number of non-ortho nitro benzene ring substituents is 1. The van der Waals surface area contributed by atoms with Gasteiger partial charge in [0.25, 0.3) is 11.6 Å². The molecule has 0 unspecified atom stereocenters. The number of carbonyl (C=O) groups excluding carboxylic acids is 1. The van der Waals surface area contributed by atoms with Gasteiger partial charge in [0.05, 0.1) is 10.6 Å². The molecule has 1 N–H and O–H groups in total. The van der Waals surface area contributed by atoms with Gasteiger partial charge >= 0.3 is 0 Å². The van der Waals surface area contributed by atoms with Crippen molar-refractivity contribution < 1.29 is 9.72 Å². The number of hydrogen-bond acceptors (Lipinski definition) is 7. The van der Waals surface area contributed by atoms with Crippen molar-refractivity contribution in [2.24, 2.45) is 5.10 Å². The second-order valence-corrected chi connectivity index (χ2v) is 5.55. The Morgan fingerprint density at radius 1 is 1.22 bits per heavy atom. The number of carbonyl (C=O) groups is 1. The molecule has 0 spiro atoms. The molecular weight excluding hydrogens is 350 g/mol. The fourth-order valence-corrected chi connectivity index (χ4v) is 2.23. The van der Waals surface area contributed by atoms with Gasteiger partial charge < -0.3 is 0 Å². The first-order valence-corrected chi connectivity index (χ1v) is 7.94. The van der Waals surface area contributed by atoms with E-state index in [9.17, 15) is 14.9 Å². The summed E-state index contributed by atoms with van der Waals surface area (Å²) in [6.07, 6.45) is 0. The van der Waals surface area contributed by atoms with Crippen LogP contribution in [0.3, 0.4) is 0 Å². The third-order valence-corrected chi connectivity index (χ3v) is 3.59. The molecule has 10 heteroatoms. The van der Waals surface area contributed by atoms with E-state index in [0.717, 1.165) is 10.4 Å². The molecule has 0 aliphatic carbocycles. The predicted octanol–water partition coefficient (Wildman–Crippen LogP) is 1.79. The molecule has 0 aliphatic rings. The number of amides is 1. The Hall–Kier alpha value is -3.95. The van der Waals surface area contributed by atoms with Crippen LogP contribution in [-0.2, 0) is 11.3 Å². The third kappa shape index (κ3) is 4.57. The zero-order valence-electron chi connectivity index (χ0n) is 14.3. The molecule has 3 rings (SSSR count). The summed E-state index contributed by atoms with van der Waals surface area (Å²) in [6.45, 7) is 1.48. The van der Waals surface area contributed by atoms with E-state index in [4.69, 9.17) is 0 Å². The lowest BCUT2D eigenvalue weighted by atomic mass is 10.1. The average molecular weight is 365 g/mol. The van der Waals surface area contributed by atoms with Crippen LogP contribution >= 0.6 is 0 Å². The molecule has 1 heterocycles. The zero-order valence-corrected chi connectivity index (χ0v) is 14.3. The standard InChI is InChI=1S/C17H15N7O3/c1-12(14-8-5-9-15(10-14)24(26)27)18-19-16(25)11-23-21-17(20-22-23)13-6-3-2-4-7-13/h2-10H,11H2,1H3,(H,19,25)/b18-12+. The summed E-state index contributed by atoms with van der Waals surface area (Å²) in [5.74, 6) is -0.0310.